The predicted molar refractivity (Wildman–Crippen MR) is 121 cm³/mol. The molecule has 0 rings (SSSR count). The molecule has 0 radical (unpaired) electrons. The van der Waals surface area contributed by atoms with Gasteiger partial charge in [-0.3, -0.25) is 0 Å². The molecule has 0 unspecified atom stereocenters. The third-order valence-corrected chi connectivity index (χ3v) is 4.12. The highest BCUT2D eigenvalue weighted by Gasteiger charge is 1.94. The molecule has 0 aromatic carbocycles. The first-order valence-corrected chi connectivity index (χ1v) is 11.4. The molecule has 0 atom stereocenters. The van der Waals surface area contributed by atoms with Gasteiger partial charge < -0.3 is 46.9 Å². The van der Waals surface area contributed by atoms with Crippen molar-refractivity contribution in [3.63, 3.8) is 0 Å². The van der Waals surface area contributed by atoms with Gasteiger partial charge in [0.25, 0.3) is 0 Å². The van der Waals surface area contributed by atoms with E-state index in [-0.39, 0.29) is 0 Å². The average Bonchev–Trinajstić information content (AvgIpc) is 2.74. The van der Waals surface area contributed by atoms with Gasteiger partial charge in [0.05, 0.1) is 39.6 Å². The summed E-state index contributed by atoms with van der Waals surface area (Å²) < 4.78 is 16.5. The van der Waals surface area contributed by atoms with Crippen molar-refractivity contribution >= 4 is 0 Å². The Balaban J connectivity index is 2.97. The number of nitrogens with one attached hydrogen (secondary N) is 4. The van der Waals surface area contributed by atoms with Crippen LogP contribution >= 0.6 is 0 Å². The number of ether oxygens (including phenoxy) is 3. The molecule has 176 valence electrons. The zero-order valence-electron chi connectivity index (χ0n) is 18.5. The monoisotopic (exact) mass is 420 g/mol. The lowest BCUT2D eigenvalue weighted by molar-refractivity contribution is 0.0157. The lowest BCUT2D eigenvalue weighted by Gasteiger charge is -2.09. The van der Waals surface area contributed by atoms with Crippen molar-refractivity contribution in [2.75, 3.05) is 105 Å². The van der Waals surface area contributed by atoms with Crippen LogP contribution in [0.2, 0.25) is 0 Å². The standard InChI is InChI=1S/C20H48N6O3/c21-5-1-7-23-9-3-11-25-13-15-27-17-19-29-20-18-28-16-14-26-12-4-10-24-8-2-6-22/h23-26H,1-22H2. The van der Waals surface area contributed by atoms with Crippen LogP contribution in [0, 0.1) is 0 Å². The van der Waals surface area contributed by atoms with E-state index in [1.165, 1.54) is 0 Å². The van der Waals surface area contributed by atoms with Crippen LogP contribution in [0.25, 0.3) is 0 Å². The zero-order valence-corrected chi connectivity index (χ0v) is 18.5. The normalized spacial score (nSPS) is 11.4. The Bertz CT molecular complexity index is 265. The molecule has 8 N–H and O–H groups in total. The summed E-state index contributed by atoms with van der Waals surface area (Å²) in [6.45, 7) is 13.3. The highest BCUT2D eigenvalue weighted by Crippen LogP contribution is 1.82. The molecular formula is C20H48N6O3. The summed E-state index contributed by atoms with van der Waals surface area (Å²) in [5.41, 5.74) is 10.9. The van der Waals surface area contributed by atoms with Crippen LogP contribution in [-0.4, -0.2) is 105 Å². The molecule has 0 aliphatic rings. The molecule has 0 fully saturated rings. The zero-order chi connectivity index (χ0) is 21.1. The van der Waals surface area contributed by atoms with E-state index in [2.05, 4.69) is 21.3 Å². The van der Waals surface area contributed by atoms with Crippen LogP contribution in [0.1, 0.15) is 25.7 Å². The lowest BCUT2D eigenvalue weighted by Crippen LogP contribution is -2.26. The summed E-state index contributed by atoms with van der Waals surface area (Å²) in [5, 5.41) is 13.5. The highest BCUT2D eigenvalue weighted by molar-refractivity contribution is 4.53. The maximum Gasteiger partial charge on any atom is 0.0701 e. The molecule has 0 amide bonds. The summed E-state index contributed by atoms with van der Waals surface area (Å²) in [4.78, 5) is 0. The SMILES string of the molecule is NCCCNCCCNCCOCCOCCOCCNCCCNCCCN. The van der Waals surface area contributed by atoms with E-state index >= 15 is 0 Å². The molecule has 0 bridgehead atoms. The summed E-state index contributed by atoms with van der Waals surface area (Å²) >= 11 is 0. The van der Waals surface area contributed by atoms with Crippen LogP contribution in [0.5, 0.6) is 0 Å². The molecule has 0 saturated heterocycles. The average molecular weight is 421 g/mol. The Morgan fingerprint density at radius 3 is 1.07 bits per heavy atom. The minimum atomic E-state index is 0.615. The topological polar surface area (TPSA) is 128 Å². The second kappa shape index (κ2) is 27.6. The van der Waals surface area contributed by atoms with E-state index < -0.39 is 0 Å². The van der Waals surface area contributed by atoms with Gasteiger partial charge in [0, 0.05) is 13.1 Å². The van der Waals surface area contributed by atoms with Gasteiger partial charge in [-0.15, -0.1) is 0 Å². The van der Waals surface area contributed by atoms with E-state index in [1.807, 2.05) is 0 Å². The number of nitrogens with two attached hydrogens (primary N) is 2. The van der Waals surface area contributed by atoms with Crippen molar-refractivity contribution in [3.05, 3.63) is 0 Å². The van der Waals surface area contributed by atoms with Crippen molar-refractivity contribution in [3.8, 4) is 0 Å². The molecular weight excluding hydrogens is 372 g/mol. The van der Waals surface area contributed by atoms with E-state index in [4.69, 9.17) is 25.7 Å². The Hall–Kier alpha value is -0.360. The third kappa shape index (κ3) is 27.6. The molecule has 0 aliphatic carbocycles. The summed E-state index contributed by atoms with van der Waals surface area (Å²) in [6.07, 6.45) is 4.33. The Labute approximate surface area is 178 Å². The van der Waals surface area contributed by atoms with Gasteiger partial charge in [0.15, 0.2) is 0 Å². The van der Waals surface area contributed by atoms with E-state index in [0.29, 0.717) is 39.6 Å². The summed E-state index contributed by atoms with van der Waals surface area (Å²) in [5.74, 6) is 0. The number of hydrogen-bond acceptors (Lipinski definition) is 9. The van der Waals surface area contributed by atoms with Crippen LogP contribution in [0.15, 0.2) is 0 Å². The van der Waals surface area contributed by atoms with Gasteiger partial charge in [0.2, 0.25) is 0 Å². The fourth-order valence-electron chi connectivity index (χ4n) is 2.46. The van der Waals surface area contributed by atoms with Gasteiger partial charge in [0.1, 0.15) is 0 Å². The number of rotatable bonds is 26. The van der Waals surface area contributed by atoms with Crippen molar-refractivity contribution < 1.29 is 14.2 Å². The first-order chi connectivity index (χ1) is 14.4. The van der Waals surface area contributed by atoms with E-state index in [0.717, 1.165) is 91.1 Å². The summed E-state index contributed by atoms with van der Waals surface area (Å²) in [7, 11) is 0. The molecule has 9 nitrogen and oxygen atoms in total. The first-order valence-electron chi connectivity index (χ1n) is 11.4. The van der Waals surface area contributed by atoms with Crippen molar-refractivity contribution in [2.45, 2.75) is 25.7 Å². The Morgan fingerprint density at radius 2 is 0.690 bits per heavy atom. The summed E-state index contributed by atoms with van der Waals surface area (Å²) in [6, 6.07) is 0. The smallest absolute Gasteiger partial charge is 0.0701 e. The van der Waals surface area contributed by atoms with Crippen LogP contribution < -0.4 is 32.7 Å². The largest absolute Gasteiger partial charge is 0.378 e. The predicted octanol–water partition coefficient (Wildman–Crippen LogP) is -1.13. The quantitative estimate of drug-likeness (QED) is 0.0964. The molecule has 0 aliphatic heterocycles. The second-order valence-corrected chi connectivity index (χ2v) is 6.83. The van der Waals surface area contributed by atoms with Gasteiger partial charge in [-0.2, -0.15) is 0 Å². The second-order valence-electron chi connectivity index (χ2n) is 6.83. The minimum Gasteiger partial charge on any atom is -0.378 e. The fraction of sp³-hybridized carbons (Fsp3) is 1.00. The maximum atomic E-state index is 5.53. The van der Waals surface area contributed by atoms with E-state index in [9.17, 15) is 0 Å². The molecule has 29 heavy (non-hydrogen) atoms. The van der Waals surface area contributed by atoms with Crippen LogP contribution in [-0.2, 0) is 14.2 Å². The highest BCUT2D eigenvalue weighted by atomic mass is 16.5. The first kappa shape index (κ1) is 28.6. The van der Waals surface area contributed by atoms with Crippen molar-refractivity contribution in [1.29, 1.82) is 0 Å². The van der Waals surface area contributed by atoms with Gasteiger partial charge >= 0.3 is 0 Å². The van der Waals surface area contributed by atoms with Crippen LogP contribution in [0.4, 0.5) is 0 Å². The Morgan fingerprint density at radius 1 is 0.379 bits per heavy atom. The lowest BCUT2D eigenvalue weighted by atomic mass is 10.4. The fourth-order valence-corrected chi connectivity index (χ4v) is 2.46. The van der Waals surface area contributed by atoms with Gasteiger partial charge in [-0.1, -0.05) is 0 Å². The molecule has 0 saturated carbocycles. The minimum absolute atomic E-state index is 0.615. The molecule has 0 heterocycles. The molecule has 0 spiro atoms. The number of hydrogen-bond donors (Lipinski definition) is 6. The van der Waals surface area contributed by atoms with Gasteiger partial charge in [-0.25, -0.2) is 0 Å². The third-order valence-electron chi connectivity index (χ3n) is 4.12. The van der Waals surface area contributed by atoms with E-state index in [1.54, 1.807) is 0 Å². The maximum absolute atomic E-state index is 5.53. The van der Waals surface area contributed by atoms with Crippen molar-refractivity contribution in [2.24, 2.45) is 11.5 Å². The van der Waals surface area contributed by atoms with Crippen LogP contribution in [0.3, 0.4) is 0 Å². The van der Waals surface area contributed by atoms with Crippen molar-refractivity contribution in [1.82, 2.24) is 21.3 Å². The molecule has 0 aromatic rings. The molecule has 0 aromatic heterocycles. The van der Waals surface area contributed by atoms with Gasteiger partial charge in [-0.05, 0) is 78.0 Å². The molecule has 9 heteroatoms. The Kier molecular flexibility index (Phi) is 27.3.